The van der Waals surface area contributed by atoms with Crippen LogP contribution in [-0.2, 0) is 0 Å². The first-order valence-electron chi connectivity index (χ1n) is 7.68. The Morgan fingerprint density at radius 2 is 2.38 bits per heavy atom. The first-order valence-corrected chi connectivity index (χ1v) is 8.90. The van der Waals surface area contributed by atoms with Gasteiger partial charge in [0.25, 0.3) is 0 Å². The molecule has 112 valence electrons. The summed E-state index contributed by atoms with van der Waals surface area (Å²) in [5.41, 5.74) is 2.90. The molecule has 0 bridgehead atoms. The molecule has 0 spiro atoms. The summed E-state index contributed by atoms with van der Waals surface area (Å²) in [6, 6.07) is 3.42. The van der Waals surface area contributed by atoms with Crippen LogP contribution in [0.4, 0.5) is 0 Å². The third-order valence-electron chi connectivity index (χ3n) is 3.81. The maximum absolute atomic E-state index is 5.03. The highest BCUT2D eigenvalue weighted by Crippen LogP contribution is 2.33. The van der Waals surface area contributed by atoms with Crippen LogP contribution in [0.3, 0.4) is 0 Å². The highest BCUT2D eigenvalue weighted by Gasteiger charge is 2.23. The van der Waals surface area contributed by atoms with Crippen LogP contribution in [0.2, 0.25) is 0 Å². The fourth-order valence-corrected chi connectivity index (χ4v) is 3.42. The van der Waals surface area contributed by atoms with Crippen LogP contribution in [0.1, 0.15) is 39.5 Å². The number of hydrogen-bond donors (Lipinski definition) is 0. The van der Waals surface area contributed by atoms with Crippen molar-refractivity contribution in [2.24, 2.45) is 4.99 Å². The second-order valence-corrected chi connectivity index (χ2v) is 5.92. The van der Waals surface area contributed by atoms with Crippen molar-refractivity contribution in [3.05, 3.63) is 35.5 Å². The maximum atomic E-state index is 5.03. The number of thioether (sulfide) groups is 1. The van der Waals surface area contributed by atoms with Crippen molar-refractivity contribution in [1.29, 1.82) is 0 Å². The van der Waals surface area contributed by atoms with E-state index in [-0.39, 0.29) is 6.04 Å². The molecule has 0 heterocycles. The molecule has 0 aromatic carbocycles. The molecule has 0 radical (unpaired) electrons. The quantitative estimate of drug-likeness (QED) is 0.326. The molecule has 0 aromatic heterocycles. The zero-order valence-electron chi connectivity index (χ0n) is 13.2. The Morgan fingerprint density at radius 1 is 1.52 bits per heavy atom. The Hall–Kier alpha value is -1.40. The first kappa shape index (κ1) is 16.0. The highest BCUT2D eigenvalue weighted by molar-refractivity contribution is 8.13. The van der Waals surface area contributed by atoms with E-state index in [2.05, 4.69) is 54.3 Å². The van der Waals surface area contributed by atoms with Crippen LogP contribution in [0, 0.1) is 12.0 Å². The molecular formula is C18H24N2S. The molecule has 1 atom stereocenters. The van der Waals surface area contributed by atoms with Gasteiger partial charge in [0.15, 0.2) is 5.17 Å². The van der Waals surface area contributed by atoms with E-state index in [1.54, 1.807) is 11.8 Å². The zero-order valence-corrected chi connectivity index (χ0v) is 14.0. The predicted octanol–water partition coefficient (Wildman–Crippen LogP) is 4.37. The van der Waals surface area contributed by atoms with Gasteiger partial charge in [-0.05, 0) is 56.9 Å². The fourth-order valence-electron chi connectivity index (χ4n) is 2.80. The summed E-state index contributed by atoms with van der Waals surface area (Å²) in [5, 5.41) is 1.03. The van der Waals surface area contributed by atoms with Crippen molar-refractivity contribution in [1.82, 2.24) is 4.90 Å². The lowest BCUT2D eigenvalue weighted by molar-refractivity contribution is 0.579. The van der Waals surface area contributed by atoms with Crippen molar-refractivity contribution >= 4 is 16.9 Å². The summed E-state index contributed by atoms with van der Waals surface area (Å²) >= 11 is 1.69. The minimum absolute atomic E-state index is 0.280. The summed E-state index contributed by atoms with van der Waals surface area (Å²) < 4.78 is 0. The van der Waals surface area contributed by atoms with E-state index in [1.807, 2.05) is 6.92 Å². The Bertz CT molecular complexity index is 543. The summed E-state index contributed by atoms with van der Waals surface area (Å²) in [7, 11) is 0. The zero-order chi connectivity index (χ0) is 15.1. The molecular weight excluding hydrogens is 276 g/mol. The minimum atomic E-state index is 0.280. The normalized spacial score (nSPS) is 21.5. The monoisotopic (exact) mass is 300 g/mol. The molecule has 2 aliphatic carbocycles. The predicted molar refractivity (Wildman–Crippen MR) is 94.3 cm³/mol. The summed E-state index contributed by atoms with van der Waals surface area (Å²) in [6.45, 7) is 4.87. The molecule has 0 aromatic rings. The molecule has 0 N–H and O–H groups in total. The van der Waals surface area contributed by atoms with Gasteiger partial charge in [0.2, 0.25) is 0 Å². The SMILES string of the molecule is CC#CN(CC)C(=NC1CCCC2=CCC=CC=C21)SC. The lowest BCUT2D eigenvalue weighted by Crippen LogP contribution is -2.26. The van der Waals surface area contributed by atoms with Gasteiger partial charge in [0.1, 0.15) is 0 Å². The summed E-state index contributed by atoms with van der Waals surface area (Å²) in [6.07, 6.45) is 15.7. The molecule has 1 saturated carbocycles. The van der Waals surface area contributed by atoms with E-state index in [9.17, 15) is 0 Å². The van der Waals surface area contributed by atoms with Crippen molar-refractivity contribution in [2.45, 2.75) is 45.6 Å². The van der Waals surface area contributed by atoms with Crippen LogP contribution in [0.25, 0.3) is 0 Å². The van der Waals surface area contributed by atoms with E-state index in [0.29, 0.717) is 0 Å². The van der Waals surface area contributed by atoms with E-state index in [0.717, 1.165) is 24.6 Å². The Labute approximate surface area is 133 Å². The van der Waals surface area contributed by atoms with Gasteiger partial charge >= 0.3 is 0 Å². The number of hydrogen-bond acceptors (Lipinski definition) is 2. The molecule has 1 fully saturated rings. The summed E-state index contributed by atoms with van der Waals surface area (Å²) in [4.78, 5) is 7.08. The van der Waals surface area contributed by atoms with E-state index < -0.39 is 0 Å². The van der Waals surface area contributed by atoms with E-state index in [1.165, 1.54) is 24.0 Å². The topological polar surface area (TPSA) is 15.6 Å². The van der Waals surface area contributed by atoms with E-state index >= 15 is 0 Å². The van der Waals surface area contributed by atoms with Crippen LogP contribution < -0.4 is 0 Å². The molecule has 1 unspecified atom stereocenters. The minimum Gasteiger partial charge on any atom is -0.281 e. The van der Waals surface area contributed by atoms with Gasteiger partial charge in [0.05, 0.1) is 6.04 Å². The number of rotatable bonds is 2. The molecule has 2 rings (SSSR count). The second kappa shape index (κ2) is 8.14. The second-order valence-electron chi connectivity index (χ2n) is 5.15. The van der Waals surface area contributed by atoms with Gasteiger partial charge in [-0.3, -0.25) is 9.89 Å². The van der Waals surface area contributed by atoms with Gasteiger partial charge in [-0.2, -0.15) is 0 Å². The molecule has 0 aliphatic heterocycles. The molecule has 2 nitrogen and oxygen atoms in total. The lowest BCUT2D eigenvalue weighted by Gasteiger charge is -2.27. The smallest absolute Gasteiger partial charge is 0.171 e. The maximum Gasteiger partial charge on any atom is 0.171 e. The molecule has 21 heavy (non-hydrogen) atoms. The Kier molecular flexibility index (Phi) is 6.20. The van der Waals surface area contributed by atoms with Crippen LogP contribution >= 0.6 is 11.8 Å². The van der Waals surface area contributed by atoms with Crippen LogP contribution in [0.5, 0.6) is 0 Å². The van der Waals surface area contributed by atoms with Gasteiger partial charge in [0, 0.05) is 12.6 Å². The van der Waals surface area contributed by atoms with Crippen molar-refractivity contribution < 1.29 is 0 Å². The van der Waals surface area contributed by atoms with Gasteiger partial charge in [-0.15, -0.1) is 0 Å². The molecule has 0 amide bonds. The third-order valence-corrected chi connectivity index (χ3v) is 4.50. The number of fused-ring (bicyclic) bond motifs is 1. The lowest BCUT2D eigenvalue weighted by atomic mass is 9.85. The fraction of sp³-hybridized carbons (Fsp3) is 0.500. The standard InChI is InChI=1S/C18H24N2S/c1-4-14-20(5-2)18(21-3)19-17-13-9-11-15-10-7-6-8-12-16(15)17/h6,8,10,12,17H,5,7,9,11,13H2,1-3H3. The van der Waals surface area contributed by atoms with Crippen molar-refractivity contribution in [2.75, 3.05) is 12.8 Å². The van der Waals surface area contributed by atoms with Crippen LogP contribution in [-0.4, -0.2) is 28.9 Å². The van der Waals surface area contributed by atoms with Crippen LogP contribution in [0.15, 0.2) is 40.4 Å². The Balaban J connectivity index is 2.29. The van der Waals surface area contributed by atoms with Gasteiger partial charge < -0.3 is 0 Å². The molecule has 2 aliphatic rings. The van der Waals surface area contributed by atoms with E-state index in [4.69, 9.17) is 4.99 Å². The molecule has 0 saturated heterocycles. The Morgan fingerprint density at radius 3 is 3.10 bits per heavy atom. The number of amidine groups is 1. The average molecular weight is 300 g/mol. The number of nitrogens with zero attached hydrogens (tertiary/aromatic N) is 2. The largest absolute Gasteiger partial charge is 0.281 e. The molecule has 3 heteroatoms. The number of aliphatic imine (C=N–C) groups is 1. The number of allylic oxidation sites excluding steroid dienone is 4. The average Bonchev–Trinajstić information content (AvgIpc) is 2.76. The first-order chi connectivity index (χ1) is 10.3. The summed E-state index contributed by atoms with van der Waals surface area (Å²) in [5.74, 6) is 2.98. The van der Waals surface area contributed by atoms with Crippen molar-refractivity contribution in [3.63, 3.8) is 0 Å². The highest BCUT2D eigenvalue weighted by atomic mass is 32.2. The van der Waals surface area contributed by atoms with Crippen molar-refractivity contribution in [3.8, 4) is 12.0 Å². The van der Waals surface area contributed by atoms with Gasteiger partial charge in [-0.1, -0.05) is 42.0 Å². The van der Waals surface area contributed by atoms with Gasteiger partial charge in [-0.25, -0.2) is 0 Å². The third kappa shape index (κ3) is 4.04.